The van der Waals surface area contributed by atoms with Gasteiger partial charge in [-0.2, -0.15) is 0 Å². The molecule has 0 saturated heterocycles. The van der Waals surface area contributed by atoms with Crippen molar-refractivity contribution in [1.82, 2.24) is 0 Å². The highest BCUT2D eigenvalue weighted by molar-refractivity contribution is 5.86. The SMILES string of the molecule is C=CCc1cccc(C=N)c1N. The third kappa shape index (κ3) is 1.53. The second kappa shape index (κ2) is 3.72. The van der Waals surface area contributed by atoms with E-state index in [9.17, 15) is 0 Å². The lowest BCUT2D eigenvalue weighted by atomic mass is 10.1. The van der Waals surface area contributed by atoms with Crippen molar-refractivity contribution in [3.63, 3.8) is 0 Å². The highest BCUT2D eigenvalue weighted by Gasteiger charge is 1.99. The molecule has 0 amide bonds. The number of benzene rings is 1. The highest BCUT2D eigenvalue weighted by Crippen LogP contribution is 2.16. The number of para-hydroxylation sites is 1. The van der Waals surface area contributed by atoms with Crippen LogP contribution in [0.2, 0.25) is 0 Å². The minimum Gasteiger partial charge on any atom is -0.398 e. The number of allylic oxidation sites excluding steroid dienone is 1. The second-order valence-electron chi connectivity index (χ2n) is 2.56. The fourth-order valence-electron chi connectivity index (χ4n) is 1.09. The lowest BCUT2D eigenvalue weighted by molar-refractivity contribution is 1.28. The molecule has 2 heteroatoms. The number of nitrogen functional groups attached to an aromatic ring is 1. The van der Waals surface area contributed by atoms with Crippen molar-refractivity contribution in [3.8, 4) is 0 Å². The fraction of sp³-hybridized carbons (Fsp3) is 0.100. The first kappa shape index (κ1) is 8.53. The topological polar surface area (TPSA) is 49.9 Å². The van der Waals surface area contributed by atoms with Gasteiger partial charge < -0.3 is 11.1 Å². The predicted octanol–water partition coefficient (Wildman–Crippen LogP) is 1.99. The first-order valence-corrected chi connectivity index (χ1v) is 3.78. The third-order valence-electron chi connectivity index (χ3n) is 1.75. The monoisotopic (exact) mass is 160 g/mol. The van der Waals surface area contributed by atoms with Crippen LogP contribution in [0.4, 0.5) is 5.69 Å². The summed E-state index contributed by atoms with van der Waals surface area (Å²) in [7, 11) is 0. The smallest absolute Gasteiger partial charge is 0.0438 e. The van der Waals surface area contributed by atoms with Crippen molar-refractivity contribution in [1.29, 1.82) is 5.41 Å². The summed E-state index contributed by atoms with van der Waals surface area (Å²) < 4.78 is 0. The third-order valence-corrected chi connectivity index (χ3v) is 1.75. The molecule has 0 radical (unpaired) electrons. The molecule has 0 fully saturated rings. The molecule has 0 unspecified atom stereocenters. The Morgan fingerprint density at radius 3 is 2.83 bits per heavy atom. The van der Waals surface area contributed by atoms with Gasteiger partial charge in [0.25, 0.3) is 0 Å². The maximum absolute atomic E-state index is 7.08. The van der Waals surface area contributed by atoms with E-state index in [2.05, 4.69) is 6.58 Å². The van der Waals surface area contributed by atoms with Crippen LogP contribution < -0.4 is 5.73 Å². The van der Waals surface area contributed by atoms with Gasteiger partial charge in [0.15, 0.2) is 0 Å². The maximum atomic E-state index is 7.08. The molecule has 2 nitrogen and oxygen atoms in total. The molecule has 0 aromatic heterocycles. The van der Waals surface area contributed by atoms with Crippen LogP contribution in [0.5, 0.6) is 0 Å². The predicted molar refractivity (Wildman–Crippen MR) is 52.6 cm³/mol. The van der Waals surface area contributed by atoms with Gasteiger partial charge in [-0.15, -0.1) is 6.58 Å². The van der Waals surface area contributed by atoms with Crippen LogP contribution in [-0.2, 0) is 6.42 Å². The van der Waals surface area contributed by atoms with Crippen molar-refractivity contribution < 1.29 is 0 Å². The molecule has 0 heterocycles. The van der Waals surface area contributed by atoms with Crippen LogP contribution in [0.1, 0.15) is 11.1 Å². The second-order valence-corrected chi connectivity index (χ2v) is 2.56. The van der Waals surface area contributed by atoms with E-state index in [-0.39, 0.29) is 0 Å². The molecule has 0 aliphatic carbocycles. The van der Waals surface area contributed by atoms with Gasteiger partial charge in [-0.3, -0.25) is 0 Å². The van der Waals surface area contributed by atoms with Crippen LogP contribution in [0.25, 0.3) is 0 Å². The fourth-order valence-corrected chi connectivity index (χ4v) is 1.09. The molecular weight excluding hydrogens is 148 g/mol. The van der Waals surface area contributed by atoms with E-state index in [0.29, 0.717) is 5.69 Å². The number of rotatable bonds is 3. The number of nitrogens with two attached hydrogens (primary N) is 1. The van der Waals surface area contributed by atoms with Gasteiger partial charge in [0.2, 0.25) is 0 Å². The minimum atomic E-state index is 0.687. The summed E-state index contributed by atoms with van der Waals surface area (Å²) in [5.41, 5.74) is 8.27. The molecule has 0 atom stereocenters. The molecular formula is C10H12N2. The number of anilines is 1. The summed E-state index contributed by atoms with van der Waals surface area (Å²) in [6.45, 7) is 3.64. The van der Waals surface area contributed by atoms with Crippen LogP contribution in [-0.4, -0.2) is 6.21 Å². The molecule has 0 spiro atoms. The summed E-state index contributed by atoms with van der Waals surface area (Å²) >= 11 is 0. The van der Waals surface area contributed by atoms with Gasteiger partial charge in [-0.25, -0.2) is 0 Å². The average Bonchev–Trinajstić information content (AvgIpc) is 2.09. The number of nitrogens with one attached hydrogen (secondary N) is 1. The van der Waals surface area contributed by atoms with Crippen LogP contribution >= 0.6 is 0 Å². The van der Waals surface area contributed by atoms with E-state index in [1.54, 1.807) is 6.08 Å². The van der Waals surface area contributed by atoms with Gasteiger partial charge in [0.1, 0.15) is 0 Å². The molecule has 0 aliphatic rings. The van der Waals surface area contributed by atoms with Crippen LogP contribution in [0, 0.1) is 5.41 Å². The first-order valence-electron chi connectivity index (χ1n) is 3.78. The molecule has 3 N–H and O–H groups in total. The van der Waals surface area contributed by atoms with Crippen molar-refractivity contribution in [3.05, 3.63) is 42.0 Å². The van der Waals surface area contributed by atoms with E-state index >= 15 is 0 Å². The van der Waals surface area contributed by atoms with Gasteiger partial charge in [0, 0.05) is 17.5 Å². The van der Waals surface area contributed by atoms with Crippen molar-refractivity contribution in [2.75, 3.05) is 5.73 Å². The Morgan fingerprint density at radius 1 is 1.50 bits per heavy atom. The molecule has 62 valence electrons. The molecule has 12 heavy (non-hydrogen) atoms. The zero-order valence-electron chi connectivity index (χ0n) is 6.88. The zero-order chi connectivity index (χ0) is 8.97. The summed E-state index contributed by atoms with van der Waals surface area (Å²) in [6, 6.07) is 5.68. The van der Waals surface area contributed by atoms with Gasteiger partial charge in [0.05, 0.1) is 0 Å². The average molecular weight is 160 g/mol. The van der Waals surface area contributed by atoms with E-state index in [1.807, 2.05) is 18.2 Å². The molecule has 1 rings (SSSR count). The molecule has 0 bridgehead atoms. The lowest BCUT2D eigenvalue weighted by Gasteiger charge is -2.04. The van der Waals surface area contributed by atoms with E-state index < -0.39 is 0 Å². The standard InChI is InChI=1S/C10H12N2/c1-2-4-8-5-3-6-9(7-11)10(8)12/h2-3,5-7,11H,1,4,12H2. The van der Waals surface area contributed by atoms with Crippen molar-refractivity contribution >= 4 is 11.9 Å². The Hall–Kier alpha value is -1.57. The summed E-state index contributed by atoms with van der Waals surface area (Å²) in [6.07, 6.45) is 3.83. The molecule has 0 aliphatic heterocycles. The Morgan fingerprint density at radius 2 is 2.25 bits per heavy atom. The van der Waals surface area contributed by atoms with Crippen molar-refractivity contribution in [2.24, 2.45) is 0 Å². The minimum absolute atomic E-state index is 0.687. The summed E-state index contributed by atoms with van der Waals surface area (Å²) in [5, 5.41) is 7.08. The summed E-state index contributed by atoms with van der Waals surface area (Å²) in [5.74, 6) is 0. The van der Waals surface area contributed by atoms with E-state index in [4.69, 9.17) is 11.1 Å². The number of hydrogen-bond acceptors (Lipinski definition) is 2. The quantitative estimate of drug-likeness (QED) is 0.396. The van der Waals surface area contributed by atoms with E-state index in [1.165, 1.54) is 6.21 Å². The first-order chi connectivity index (χ1) is 5.79. The molecule has 0 saturated carbocycles. The Labute approximate surface area is 72.2 Å². The normalized spacial score (nSPS) is 9.33. The largest absolute Gasteiger partial charge is 0.398 e. The van der Waals surface area contributed by atoms with Crippen LogP contribution in [0.3, 0.4) is 0 Å². The van der Waals surface area contributed by atoms with Crippen molar-refractivity contribution in [2.45, 2.75) is 6.42 Å². The Balaban J connectivity index is 3.12. The van der Waals surface area contributed by atoms with Gasteiger partial charge in [-0.05, 0) is 12.0 Å². The van der Waals surface area contributed by atoms with E-state index in [0.717, 1.165) is 17.5 Å². The highest BCUT2D eigenvalue weighted by atomic mass is 14.6. The summed E-state index contributed by atoms with van der Waals surface area (Å²) in [4.78, 5) is 0. The molecule has 1 aromatic carbocycles. The Kier molecular flexibility index (Phi) is 2.64. The molecule has 1 aromatic rings. The Bertz CT molecular complexity index is 303. The zero-order valence-corrected chi connectivity index (χ0v) is 6.88. The number of hydrogen-bond donors (Lipinski definition) is 2. The van der Waals surface area contributed by atoms with Crippen LogP contribution in [0.15, 0.2) is 30.9 Å². The lowest BCUT2D eigenvalue weighted by Crippen LogP contribution is -1.97. The van der Waals surface area contributed by atoms with Gasteiger partial charge >= 0.3 is 0 Å². The maximum Gasteiger partial charge on any atom is 0.0438 e. The van der Waals surface area contributed by atoms with Gasteiger partial charge in [-0.1, -0.05) is 24.3 Å².